The van der Waals surface area contributed by atoms with Crippen LogP contribution in [0.2, 0.25) is 0 Å². The quantitative estimate of drug-likeness (QED) is 0.604. The summed E-state index contributed by atoms with van der Waals surface area (Å²) in [5.74, 6) is 0.200. The average molecular weight is 337 g/mol. The highest BCUT2D eigenvalue weighted by Gasteiger charge is 2.12. The van der Waals surface area contributed by atoms with Crippen LogP contribution in [0.3, 0.4) is 0 Å². The molecule has 0 atom stereocenters. The van der Waals surface area contributed by atoms with E-state index in [1.54, 1.807) is 22.7 Å². The van der Waals surface area contributed by atoms with Gasteiger partial charge in [-0.25, -0.2) is 0 Å². The van der Waals surface area contributed by atoms with E-state index in [0.717, 1.165) is 18.9 Å². The van der Waals surface area contributed by atoms with E-state index in [-0.39, 0.29) is 5.78 Å². The summed E-state index contributed by atoms with van der Waals surface area (Å²) in [4.78, 5) is 14.1. The Bertz CT molecular complexity index is 678. The summed E-state index contributed by atoms with van der Waals surface area (Å²) in [7, 11) is 0. The molecule has 3 rings (SSSR count). The van der Waals surface area contributed by atoms with Gasteiger partial charge in [0.15, 0.2) is 5.78 Å². The van der Waals surface area contributed by atoms with Crippen LogP contribution < -0.4 is 0 Å². The molecular formula is C14H9BrOS2. The highest BCUT2D eigenvalue weighted by Crippen LogP contribution is 2.28. The van der Waals surface area contributed by atoms with Gasteiger partial charge in [0, 0.05) is 16.0 Å². The second kappa shape index (κ2) is 4.96. The summed E-state index contributed by atoms with van der Waals surface area (Å²) in [6.45, 7) is 0. The Balaban J connectivity index is 1.87. The maximum absolute atomic E-state index is 12.2. The van der Waals surface area contributed by atoms with Crippen molar-refractivity contribution in [1.29, 1.82) is 0 Å². The van der Waals surface area contributed by atoms with E-state index >= 15 is 0 Å². The number of halogens is 1. The molecule has 1 aromatic carbocycles. The third-order valence-electron chi connectivity index (χ3n) is 2.66. The van der Waals surface area contributed by atoms with E-state index in [0.29, 0.717) is 6.42 Å². The van der Waals surface area contributed by atoms with Crippen LogP contribution in [-0.4, -0.2) is 5.78 Å². The van der Waals surface area contributed by atoms with Gasteiger partial charge >= 0.3 is 0 Å². The molecule has 0 spiro atoms. The molecule has 4 heteroatoms. The van der Waals surface area contributed by atoms with Crippen molar-refractivity contribution in [2.24, 2.45) is 0 Å². The average Bonchev–Trinajstić information content (AvgIpc) is 2.95. The van der Waals surface area contributed by atoms with E-state index in [1.165, 1.54) is 4.70 Å². The highest BCUT2D eigenvalue weighted by molar-refractivity contribution is 9.11. The van der Waals surface area contributed by atoms with Crippen LogP contribution in [0.15, 0.2) is 46.3 Å². The SMILES string of the molecule is O=C(Cc1ccc(Br)s1)c1cc2ccccc2s1. The molecule has 0 radical (unpaired) electrons. The Morgan fingerprint density at radius 2 is 1.94 bits per heavy atom. The van der Waals surface area contributed by atoms with Crippen LogP contribution in [-0.2, 0) is 6.42 Å². The van der Waals surface area contributed by atoms with Crippen LogP contribution in [0.1, 0.15) is 14.5 Å². The molecule has 18 heavy (non-hydrogen) atoms. The molecule has 0 fully saturated rings. The number of benzene rings is 1. The van der Waals surface area contributed by atoms with Gasteiger partial charge in [-0.2, -0.15) is 0 Å². The first-order valence-electron chi connectivity index (χ1n) is 5.48. The normalized spacial score (nSPS) is 10.9. The van der Waals surface area contributed by atoms with Gasteiger partial charge in [-0.15, -0.1) is 22.7 Å². The van der Waals surface area contributed by atoms with Gasteiger partial charge in [0.2, 0.25) is 0 Å². The van der Waals surface area contributed by atoms with E-state index in [4.69, 9.17) is 0 Å². The summed E-state index contributed by atoms with van der Waals surface area (Å²) in [5, 5.41) is 1.15. The van der Waals surface area contributed by atoms with Crippen molar-refractivity contribution in [2.45, 2.75) is 6.42 Å². The van der Waals surface area contributed by atoms with Gasteiger partial charge in [0.05, 0.1) is 8.66 Å². The van der Waals surface area contributed by atoms with Gasteiger partial charge < -0.3 is 0 Å². The predicted molar refractivity (Wildman–Crippen MR) is 81.9 cm³/mol. The van der Waals surface area contributed by atoms with Crippen molar-refractivity contribution in [1.82, 2.24) is 0 Å². The lowest BCUT2D eigenvalue weighted by Crippen LogP contribution is -1.98. The first-order chi connectivity index (χ1) is 8.72. The highest BCUT2D eigenvalue weighted by atomic mass is 79.9. The van der Waals surface area contributed by atoms with Gasteiger partial charge in [-0.3, -0.25) is 4.79 Å². The lowest BCUT2D eigenvalue weighted by molar-refractivity contribution is 0.0998. The number of carbonyl (C=O) groups is 1. The van der Waals surface area contributed by atoms with Crippen LogP contribution >= 0.6 is 38.6 Å². The van der Waals surface area contributed by atoms with E-state index in [1.807, 2.05) is 36.4 Å². The van der Waals surface area contributed by atoms with E-state index < -0.39 is 0 Å². The molecule has 0 saturated carbocycles. The van der Waals surface area contributed by atoms with Gasteiger partial charge in [0.25, 0.3) is 0 Å². The number of thiophene rings is 2. The van der Waals surface area contributed by atoms with Crippen LogP contribution in [0.4, 0.5) is 0 Å². The third kappa shape index (κ3) is 2.41. The molecule has 0 aliphatic carbocycles. The Labute approximate surface area is 121 Å². The van der Waals surface area contributed by atoms with Crippen molar-refractivity contribution in [2.75, 3.05) is 0 Å². The summed E-state index contributed by atoms with van der Waals surface area (Å²) in [5.41, 5.74) is 0. The van der Waals surface area contributed by atoms with Crippen LogP contribution in [0.5, 0.6) is 0 Å². The number of hydrogen-bond donors (Lipinski definition) is 0. The standard InChI is InChI=1S/C14H9BrOS2/c15-14-6-5-10(17-14)8-11(16)13-7-9-3-1-2-4-12(9)18-13/h1-7H,8H2. The van der Waals surface area contributed by atoms with Gasteiger partial charge in [-0.05, 0) is 45.6 Å². The fourth-order valence-corrected chi connectivity index (χ4v) is 4.29. The smallest absolute Gasteiger partial charge is 0.178 e. The van der Waals surface area contributed by atoms with Crippen molar-refractivity contribution in [3.63, 3.8) is 0 Å². The van der Waals surface area contributed by atoms with Crippen LogP contribution in [0.25, 0.3) is 10.1 Å². The lowest BCUT2D eigenvalue weighted by atomic mass is 10.2. The Morgan fingerprint density at radius 3 is 2.67 bits per heavy atom. The fraction of sp³-hybridized carbons (Fsp3) is 0.0714. The molecule has 1 nitrogen and oxygen atoms in total. The molecule has 0 amide bonds. The maximum atomic E-state index is 12.2. The molecule has 3 aromatic rings. The summed E-state index contributed by atoms with van der Waals surface area (Å²) in [6, 6.07) is 14.1. The lowest BCUT2D eigenvalue weighted by Gasteiger charge is -1.93. The van der Waals surface area contributed by atoms with Gasteiger partial charge in [0.1, 0.15) is 0 Å². The number of ketones is 1. The molecule has 0 N–H and O–H groups in total. The number of rotatable bonds is 3. The Hall–Kier alpha value is -0.970. The monoisotopic (exact) mass is 336 g/mol. The zero-order valence-corrected chi connectivity index (χ0v) is 12.6. The number of Topliss-reactive ketones (excluding diaryl/α,β-unsaturated/α-hetero) is 1. The molecule has 0 aliphatic rings. The number of fused-ring (bicyclic) bond motifs is 1. The van der Waals surface area contributed by atoms with Crippen molar-refractivity contribution < 1.29 is 4.79 Å². The molecule has 2 aromatic heterocycles. The molecule has 0 saturated heterocycles. The first-order valence-corrected chi connectivity index (χ1v) is 7.91. The van der Waals surface area contributed by atoms with E-state index in [9.17, 15) is 4.79 Å². The minimum Gasteiger partial charge on any atom is -0.293 e. The minimum atomic E-state index is 0.200. The number of carbonyl (C=O) groups excluding carboxylic acids is 1. The van der Waals surface area contributed by atoms with Crippen LogP contribution in [0, 0.1) is 0 Å². The molecule has 0 unspecified atom stereocenters. The summed E-state index contributed by atoms with van der Waals surface area (Å²) >= 11 is 6.61. The first kappa shape index (κ1) is 12.1. The maximum Gasteiger partial charge on any atom is 0.178 e. The summed E-state index contributed by atoms with van der Waals surface area (Å²) in [6.07, 6.45) is 0.489. The predicted octanol–water partition coefficient (Wildman–Crippen LogP) is 5.15. The molecular weight excluding hydrogens is 328 g/mol. The second-order valence-electron chi connectivity index (χ2n) is 3.95. The third-order valence-corrected chi connectivity index (χ3v) is 5.44. The van der Waals surface area contributed by atoms with Crippen molar-refractivity contribution in [3.8, 4) is 0 Å². The molecule has 90 valence electrons. The second-order valence-corrected chi connectivity index (χ2v) is 7.59. The molecule has 0 aliphatic heterocycles. The van der Waals surface area contributed by atoms with Crippen molar-refractivity contribution in [3.05, 3.63) is 56.0 Å². The summed E-state index contributed by atoms with van der Waals surface area (Å²) < 4.78 is 2.25. The topological polar surface area (TPSA) is 17.1 Å². The fourth-order valence-electron chi connectivity index (χ4n) is 1.81. The zero-order chi connectivity index (χ0) is 12.5. The zero-order valence-electron chi connectivity index (χ0n) is 9.35. The minimum absolute atomic E-state index is 0.200. The Kier molecular flexibility index (Phi) is 3.33. The van der Waals surface area contributed by atoms with Crippen molar-refractivity contribution >= 4 is 54.5 Å². The Morgan fingerprint density at radius 1 is 1.11 bits per heavy atom. The molecule has 2 heterocycles. The van der Waals surface area contributed by atoms with Gasteiger partial charge in [-0.1, -0.05) is 18.2 Å². The molecule has 0 bridgehead atoms. The number of hydrogen-bond acceptors (Lipinski definition) is 3. The largest absolute Gasteiger partial charge is 0.293 e. The van der Waals surface area contributed by atoms with E-state index in [2.05, 4.69) is 22.0 Å².